The first-order chi connectivity index (χ1) is 17.2. The number of amides is 3. The van der Waals surface area contributed by atoms with Gasteiger partial charge in [-0.3, -0.25) is 14.4 Å². The lowest BCUT2D eigenvalue weighted by Crippen LogP contribution is -2.52. The van der Waals surface area contributed by atoms with Crippen molar-refractivity contribution in [2.24, 2.45) is 5.41 Å². The number of carbonyl (C=O) groups excluding carboxylic acids is 3. The number of nitrogens with zero attached hydrogens (tertiary/aromatic N) is 1. The molecular weight excluding hydrogens is 505 g/mol. The number of nitrogens with one attached hydrogen (secondary N) is 2. The number of hydrogen-bond acceptors (Lipinski definition) is 4. The van der Waals surface area contributed by atoms with Gasteiger partial charge >= 0.3 is 5.97 Å². The van der Waals surface area contributed by atoms with E-state index in [-0.39, 0.29) is 34.0 Å². The van der Waals surface area contributed by atoms with Crippen LogP contribution in [-0.2, 0) is 20.8 Å². The average Bonchev–Trinajstić information content (AvgIpc) is 3.40. The fraction of sp³-hybridized carbons (Fsp3) is 0.385. The van der Waals surface area contributed by atoms with Crippen LogP contribution in [0.3, 0.4) is 0 Å². The van der Waals surface area contributed by atoms with Crippen molar-refractivity contribution in [1.82, 2.24) is 10.2 Å². The van der Waals surface area contributed by atoms with Crippen molar-refractivity contribution in [3.8, 4) is 0 Å². The van der Waals surface area contributed by atoms with Crippen LogP contribution < -0.4 is 10.6 Å². The third kappa shape index (κ3) is 4.92. The van der Waals surface area contributed by atoms with Crippen LogP contribution in [0.1, 0.15) is 48.5 Å². The summed E-state index contributed by atoms with van der Waals surface area (Å²) in [5.41, 5.74) is 0.0517. The van der Waals surface area contributed by atoms with Crippen LogP contribution in [0.2, 0.25) is 10.0 Å². The molecule has 0 saturated carbocycles. The number of fused-ring (bicyclic) bond motifs is 1. The number of hydrogen-bond donors (Lipinski definition) is 3. The number of rotatable bonds is 8. The molecular formula is C26H27Cl2N3O5. The second-order valence-corrected chi connectivity index (χ2v) is 10.1. The molecule has 10 heteroatoms. The Kier molecular flexibility index (Phi) is 7.57. The van der Waals surface area contributed by atoms with Crippen molar-refractivity contribution in [2.75, 3.05) is 11.9 Å². The van der Waals surface area contributed by atoms with Crippen LogP contribution in [0, 0.1) is 5.41 Å². The molecule has 0 radical (unpaired) electrons. The van der Waals surface area contributed by atoms with Crippen LogP contribution >= 0.6 is 23.2 Å². The molecule has 0 spiro atoms. The first-order valence-electron chi connectivity index (χ1n) is 11.9. The van der Waals surface area contributed by atoms with E-state index in [1.165, 1.54) is 0 Å². The average molecular weight is 532 g/mol. The van der Waals surface area contributed by atoms with E-state index < -0.39 is 29.2 Å². The highest BCUT2D eigenvalue weighted by atomic mass is 35.5. The molecule has 190 valence electrons. The summed E-state index contributed by atoms with van der Waals surface area (Å²) >= 11 is 12.2. The van der Waals surface area contributed by atoms with E-state index in [0.29, 0.717) is 30.6 Å². The quantitative estimate of drug-likeness (QED) is 0.442. The Morgan fingerprint density at radius 3 is 2.39 bits per heavy atom. The Balaban J connectivity index is 1.43. The lowest BCUT2D eigenvalue weighted by molar-refractivity contribution is -0.149. The molecule has 0 bridgehead atoms. The Labute approximate surface area is 218 Å². The predicted octanol–water partition coefficient (Wildman–Crippen LogP) is 4.15. The zero-order valence-electron chi connectivity index (χ0n) is 19.7. The van der Waals surface area contributed by atoms with Crippen LogP contribution in [0.25, 0.3) is 0 Å². The lowest BCUT2D eigenvalue weighted by atomic mass is 9.80. The number of halogens is 2. The first kappa shape index (κ1) is 26.0. The summed E-state index contributed by atoms with van der Waals surface area (Å²) in [6.45, 7) is 2.44. The zero-order chi connectivity index (χ0) is 26.0. The number of anilines is 1. The number of carboxylic acids is 1. The lowest BCUT2D eigenvalue weighted by Gasteiger charge is -2.27. The van der Waals surface area contributed by atoms with Crippen molar-refractivity contribution < 1.29 is 24.3 Å². The van der Waals surface area contributed by atoms with Gasteiger partial charge in [0.15, 0.2) is 0 Å². The topological polar surface area (TPSA) is 116 Å². The molecule has 8 nitrogen and oxygen atoms in total. The highest BCUT2D eigenvalue weighted by molar-refractivity contribution is 6.40. The second kappa shape index (κ2) is 10.5. The Bertz CT molecular complexity index is 1180. The molecule has 3 amide bonds. The third-order valence-corrected chi connectivity index (χ3v) is 7.74. The van der Waals surface area contributed by atoms with Gasteiger partial charge in [-0.05, 0) is 55.5 Å². The predicted molar refractivity (Wildman–Crippen MR) is 136 cm³/mol. The molecule has 2 aromatic carbocycles. The van der Waals surface area contributed by atoms with Gasteiger partial charge in [-0.1, -0.05) is 48.3 Å². The van der Waals surface area contributed by atoms with Crippen molar-refractivity contribution in [1.29, 1.82) is 0 Å². The van der Waals surface area contributed by atoms with Gasteiger partial charge in [0.2, 0.25) is 11.8 Å². The van der Waals surface area contributed by atoms with E-state index >= 15 is 0 Å². The van der Waals surface area contributed by atoms with Gasteiger partial charge in [0.05, 0.1) is 15.6 Å². The third-order valence-electron chi connectivity index (χ3n) is 7.11. The van der Waals surface area contributed by atoms with Gasteiger partial charge in [-0.2, -0.15) is 0 Å². The SMILES string of the molecule is CCC1(C(=O)N[C@@H](Cc2ccc(NC(=O)c3c(Cl)cccc3Cl)cc2)C(=O)O)CC2CCCN2C1=O. The van der Waals surface area contributed by atoms with Gasteiger partial charge in [0.25, 0.3) is 5.91 Å². The standard InChI is InChI=1S/C26H27Cl2N3O5/c1-2-26(14-17-5-4-12-31(17)25(26)36)24(35)30-20(23(33)34)13-15-8-10-16(11-9-15)29-22(32)21-18(27)6-3-7-19(21)28/h3,6-11,17,20H,2,4-5,12-14H2,1H3,(H,29,32)(H,30,35)(H,33,34)/t17?,20-,26?/m0/s1. The molecule has 2 saturated heterocycles. The summed E-state index contributed by atoms with van der Waals surface area (Å²) in [5, 5.41) is 15.5. The van der Waals surface area contributed by atoms with Gasteiger partial charge in [-0.15, -0.1) is 0 Å². The Morgan fingerprint density at radius 1 is 1.14 bits per heavy atom. The largest absolute Gasteiger partial charge is 0.480 e. The van der Waals surface area contributed by atoms with Crippen molar-refractivity contribution in [3.05, 3.63) is 63.6 Å². The van der Waals surface area contributed by atoms with E-state index in [0.717, 1.165) is 12.8 Å². The molecule has 3 N–H and O–H groups in total. The maximum absolute atomic E-state index is 13.2. The number of carbonyl (C=O) groups is 4. The normalized spacial score (nSPS) is 21.7. The van der Waals surface area contributed by atoms with Crippen molar-refractivity contribution >= 4 is 52.6 Å². The zero-order valence-corrected chi connectivity index (χ0v) is 21.2. The van der Waals surface area contributed by atoms with Crippen LogP contribution in [0.5, 0.6) is 0 Å². The van der Waals surface area contributed by atoms with E-state index in [2.05, 4.69) is 10.6 Å². The molecule has 2 unspecified atom stereocenters. The minimum Gasteiger partial charge on any atom is -0.480 e. The molecule has 0 aliphatic carbocycles. The van der Waals surface area contributed by atoms with Crippen molar-refractivity contribution in [2.45, 2.75) is 51.1 Å². The number of carboxylic acid groups (broad SMARTS) is 1. The minimum absolute atomic E-state index is 0.0206. The molecule has 2 aliphatic rings. The molecule has 2 aliphatic heterocycles. The number of aliphatic carboxylic acids is 1. The molecule has 3 atom stereocenters. The Hall–Kier alpha value is -3.10. The Morgan fingerprint density at radius 2 is 1.81 bits per heavy atom. The maximum atomic E-state index is 13.2. The highest BCUT2D eigenvalue weighted by Crippen LogP contribution is 2.43. The molecule has 36 heavy (non-hydrogen) atoms. The summed E-state index contributed by atoms with van der Waals surface area (Å²) < 4.78 is 0. The monoisotopic (exact) mass is 531 g/mol. The molecule has 2 aromatic rings. The minimum atomic E-state index is -1.22. The van der Waals surface area contributed by atoms with Crippen LogP contribution in [0.4, 0.5) is 5.69 Å². The first-order valence-corrected chi connectivity index (χ1v) is 12.6. The molecule has 2 fully saturated rings. The van der Waals surface area contributed by atoms with E-state index in [9.17, 15) is 24.3 Å². The fourth-order valence-corrected chi connectivity index (χ4v) is 5.66. The van der Waals surface area contributed by atoms with E-state index in [4.69, 9.17) is 23.2 Å². The van der Waals surface area contributed by atoms with Crippen molar-refractivity contribution in [3.63, 3.8) is 0 Å². The summed E-state index contributed by atoms with van der Waals surface area (Å²) in [7, 11) is 0. The fourth-order valence-electron chi connectivity index (χ4n) is 5.09. The van der Waals surface area contributed by atoms with E-state index in [1.807, 2.05) is 0 Å². The molecule has 0 aromatic heterocycles. The van der Waals surface area contributed by atoms with Gasteiger partial charge in [0, 0.05) is 24.7 Å². The molecule has 4 rings (SSSR count). The summed E-state index contributed by atoms with van der Waals surface area (Å²) in [4.78, 5) is 52.6. The van der Waals surface area contributed by atoms with Crippen LogP contribution in [0.15, 0.2) is 42.5 Å². The second-order valence-electron chi connectivity index (χ2n) is 9.25. The smallest absolute Gasteiger partial charge is 0.326 e. The number of benzene rings is 2. The summed E-state index contributed by atoms with van der Waals surface area (Å²) in [6, 6.07) is 10.2. The molecule has 2 heterocycles. The van der Waals surface area contributed by atoms with Gasteiger partial charge in [-0.25, -0.2) is 4.79 Å². The summed E-state index contributed by atoms with van der Waals surface area (Å²) in [6.07, 6.45) is 2.56. The maximum Gasteiger partial charge on any atom is 0.326 e. The van der Waals surface area contributed by atoms with Gasteiger partial charge in [0.1, 0.15) is 11.5 Å². The van der Waals surface area contributed by atoms with E-state index in [1.54, 1.807) is 54.3 Å². The summed E-state index contributed by atoms with van der Waals surface area (Å²) in [5.74, 6) is -2.39. The highest BCUT2D eigenvalue weighted by Gasteiger charge is 2.56. The van der Waals surface area contributed by atoms with Crippen LogP contribution in [-0.4, -0.2) is 52.3 Å². The van der Waals surface area contributed by atoms with Gasteiger partial charge < -0.3 is 20.6 Å².